The van der Waals surface area contributed by atoms with Crippen LogP contribution in [0.25, 0.3) is 0 Å². The second kappa shape index (κ2) is 5.31. The van der Waals surface area contributed by atoms with Gasteiger partial charge in [-0.1, -0.05) is 11.2 Å². The molecule has 1 N–H and O–H groups in total. The Labute approximate surface area is 112 Å². The molecule has 2 aromatic rings. The highest BCUT2D eigenvalue weighted by Crippen LogP contribution is 2.18. The summed E-state index contributed by atoms with van der Waals surface area (Å²) in [5, 5.41) is 9.78. The SMILES string of the molecule is Cc1nonc1NC(=O)c1cccc(S(C)=O)c1C. The number of benzene rings is 1. The lowest BCUT2D eigenvalue weighted by atomic mass is 10.1. The van der Waals surface area contributed by atoms with Gasteiger partial charge in [-0.2, -0.15) is 0 Å². The van der Waals surface area contributed by atoms with Crippen LogP contribution in [0, 0.1) is 13.8 Å². The lowest BCUT2D eigenvalue weighted by molar-refractivity contribution is 0.102. The highest BCUT2D eigenvalue weighted by molar-refractivity contribution is 7.84. The third-order valence-electron chi connectivity index (χ3n) is 2.72. The molecule has 7 heteroatoms. The van der Waals surface area contributed by atoms with Crippen LogP contribution in [0.4, 0.5) is 5.82 Å². The smallest absolute Gasteiger partial charge is 0.257 e. The first-order chi connectivity index (χ1) is 9.00. The number of hydrogen-bond acceptors (Lipinski definition) is 5. The van der Waals surface area contributed by atoms with E-state index in [1.807, 2.05) is 0 Å². The Kier molecular flexibility index (Phi) is 3.75. The Hall–Kier alpha value is -2.02. The van der Waals surface area contributed by atoms with Gasteiger partial charge in [-0.25, -0.2) is 4.63 Å². The number of rotatable bonds is 3. The number of aryl methyl sites for hydroxylation is 1. The van der Waals surface area contributed by atoms with Crippen LogP contribution in [0.2, 0.25) is 0 Å². The zero-order chi connectivity index (χ0) is 14.0. The van der Waals surface area contributed by atoms with E-state index in [1.165, 1.54) is 0 Å². The van der Waals surface area contributed by atoms with Gasteiger partial charge in [-0.15, -0.1) is 0 Å². The van der Waals surface area contributed by atoms with Crippen LogP contribution in [0.1, 0.15) is 21.6 Å². The van der Waals surface area contributed by atoms with Gasteiger partial charge in [0.25, 0.3) is 5.91 Å². The van der Waals surface area contributed by atoms with Crippen molar-refractivity contribution in [2.75, 3.05) is 11.6 Å². The molecule has 0 spiro atoms. The van der Waals surface area contributed by atoms with Gasteiger partial charge in [0.05, 0.1) is 10.8 Å². The Morgan fingerprint density at radius 2 is 2.05 bits per heavy atom. The van der Waals surface area contributed by atoms with Crippen molar-refractivity contribution in [3.05, 3.63) is 35.0 Å². The fourth-order valence-electron chi connectivity index (χ4n) is 1.69. The first-order valence-electron chi connectivity index (χ1n) is 5.54. The normalized spacial score (nSPS) is 12.2. The number of hydrogen-bond donors (Lipinski definition) is 1. The number of carbonyl (C=O) groups is 1. The Morgan fingerprint density at radius 1 is 1.32 bits per heavy atom. The molecule has 1 amide bonds. The third-order valence-corrected chi connectivity index (χ3v) is 3.78. The summed E-state index contributed by atoms with van der Waals surface area (Å²) in [6.45, 7) is 3.44. The number of anilines is 1. The summed E-state index contributed by atoms with van der Waals surface area (Å²) < 4.78 is 16.1. The van der Waals surface area contributed by atoms with Crippen LogP contribution in [0.15, 0.2) is 27.7 Å². The summed E-state index contributed by atoms with van der Waals surface area (Å²) in [7, 11) is -1.14. The van der Waals surface area contributed by atoms with Crippen molar-refractivity contribution >= 4 is 22.5 Å². The van der Waals surface area contributed by atoms with Gasteiger partial charge in [-0.3, -0.25) is 9.00 Å². The molecule has 1 heterocycles. The van der Waals surface area contributed by atoms with Crippen molar-refractivity contribution in [1.29, 1.82) is 0 Å². The van der Waals surface area contributed by atoms with E-state index >= 15 is 0 Å². The molecule has 19 heavy (non-hydrogen) atoms. The minimum absolute atomic E-state index is 0.285. The average Bonchev–Trinajstić information content (AvgIpc) is 2.74. The zero-order valence-electron chi connectivity index (χ0n) is 10.8. The van der Waals surface area contributed by atoms with Crippen LogP contribution in [-0.2, 0) is 10.8 Å². The van der Waals surface area contributed by atoms with Crippen molar-refractivity contribution in [1.82, 2.24) is 10.3 Å². The molecule has 0 saturated carbocycles. The maximum absolute atomic E-state index is 12.1. The summed E-state index contributed by atoms with van der Waals surface area (Å²) in [6.07, 6.45) is 1.58. The molecular formula is C12H13N3O3S. The molecule has 1 unspecified atom stereocenters. The first kappa shape index (κ1) is 13.4. The molecule has 1 atom stereocenters. The van der Waals surface area contributed by atoms with Gasteiger partial charge in [0.15, 0.2) is 0 Å². The Balaban J connectivity index is 2.32. The average molecular weight is 279 g/mol. The summed E-state index contributed by atoms with van der Waals surface area (Å²) in [5.41, 5.74) is 1.64. The molecule has 0 aliphatic rings. The molecule has 1 aromatic carbocycles. The highest BCUT2D eigenvalue weighted by atomic mass is 32.2. The first-order valence-corrected chi connectivity index (χ1v) is 7.10. The van der Waals surface area contributed by atoms with E-state index in [4.69, 9.17) is 0 Å². The number of nitrogens with zero attached hydrogens (tertiary/aromatic N) is 2. The van der Waals surface area contributed by atoms with Gasteiger partial charge in [0, 0.05) is 16.7 Å². The predicted octanol–water partition coefficient (Wildman–Crippen LogP) is 1.68. The van der Waals surface area contributed by atoms with E-state index in [1.54, 1.807) is 38.3 Å². The summed E-state index contributed by atoms with van der Waals surface area (Å²) >= 11 is 0. The maximum Gasteiger partial charge on any atom is 0.257 e. The lowest BCUT2D eigenvalue weighted by Gasteiger charge is -2.08. The number of amides is 1. The van der Waals surface area contributed by atoms with E-state index < -0.39 is 10.8 Å². The monoisotopic (exact) mass is 279 g/mol. The van der Waals surface area contributed by atoms with Crippen molar-refractivity contribution in [3.8, 4) is 0 Å². The topological polar surface area (TPSA) is 85.1 Å². The fourth-order valence-corrected chi connectivity index (χ4v) is 2.50. The molecule has 0 aliphatic carbocycles. The molecule has 1 aromatic heterocycles. The molecule has 0 radical (unpaired) electrons. The van der Waals surface area contributed by atoms with Gasteiger partial charge < -0.3 is 5.32 Å². The standard InChI is InChI=1S/C12H13N3O3S/c1-7-9(5-4-6-10(7)19(3)17)12(16)13-11-8(2)14-18-15-11/h4-6H,1-3H3,(H,13,15,16). The van der Waals surface area contributed by atoms with Gasteiger partial charge >= 0.3 is 0 Å². The van der Waals surface area contributed by atoms with E-state index in [9.17, 15) is 9.00 Å². The fraction of sp³-hybridized carbons (Fsp3) is 0.250. The number of aromatic nitrogens is 2. The van der Waals surface area contributed by atoms with Gasteiger partial charge in [-0.05, 0) is 36.7 Å². The van der Waals surface area contributed by atoms with Crippen LogP contribution >= 0.6 is 0 Å². The Bertz CT molecular complexity index is 651. The predicted molar refractivity (Wildman–Crippen MR) is 70.5 cm³/mol. The highest BCUT2D eigenvalue weighted by Gasteiger charge is 2.16. The molecule has 6 nitrogen and oxygen atoms in total. The van der Waals surface area contributed by atoms with Gasteiger partial charge in [0.1, 0.15) is 5.69 Å². The summed E-state index contributed by atoms with van der Waals surface area (Å²) in [5.74, 6) is -0.0453. The lowest BCUT2D eigenvalue weighted by Crippen LogP contribution is -2.15. The molecule has 0 bridgehead atoms. The van der Waals surface area contributed by atoms with Crippen molar-refractivity contribution in [2.24, 2.45) is 0 Å². The van der Waals surface area contributed by atoms with Crippen molar-refractivity contribution < 1.29 is 13.6 Å². The maximum atomic E-state index is 12.1. The van der Waals surface area contributed by atoms with E-state index in [2.05, 4.69) is 20.3 Å². The second-order valence-electron chi connectivity index (χ2n) is 4.04. The van der Waals surface area contributed by atoms with E-state index in [0.29, 0.717) is 21.7 Å². The summed E-state index contributed by atoms with van der Waals surface area (Å²) in [4.78, 5) is 12.8. The zero-order valence-corrected chi connectivity index (χ0v) is 11.6. The third kappa shape index (κ3) is 2.70. The second-order valence-corrected chi connectivity index (χ2v) is 5.38. The van der Waals surface area contributed by atoms with Crippen LogP contribution in [-0.4, -0.2) is 26.7 Å². The largest absolute Gasteiger partial charge is 0.302 e. The van der Waals surface area contributed by atoms with Crippen LogP contribution in [0.5, 0.6) is 0 Å². The molecule has 2 rings (SSSR count). The molecule has 0 aliphatic heterocycles. The minimum atomic E-state index is -1.14. The summed E-state index contributed by atoms with van der Waals surface area (Å²) in [6, 6.07) is 5.11. The molecule has 0 saturated heterocycles. The number of nitrogens with one attached hydrogen (secondary N) is 1. The Morgan fingerprint density at radius 3 is 2.63 bits per heavy atom. The van der Waals surface area contributed by atoms with E-state index in [-0.39, 0.29) is 11.7 Å². The van der Waals surface area contributed by atoms with Crippen molar-refractivity contribution in [3.63, 3.8) is 0 Å². The molecular weight excluding hydrogens is 266 g/mol. The molecule has 0 fully saturated rings. The van der Waals surface area contributed by atoms with Gasteiger partial charge in [0.2, 0.25) is 5.82 Å². The van der Waals surface area contributed by atoms with Crippen molar-refractivity contribution in [2.45, 2.75) is 18.7 Å². The number of carbonyl (C=O) groups excluding carboxylic acids is 1. The minimum Gasteiger partial charge on any atom is -0.302 e. The van der Waals surface area contributed by atoms with Crippen LogP contribution in [0.3, 0.4) is 0 Å². The molecule has 100 valence electrons. The van der Waals surface area contributed by atoms with E-state index in [0.717, 1.165) is 0 Å². The quantitative estimate of drug-likeness (QED) is 0.923. The van der Waals surface area contributed by atoms with Crippen LogP contribution < -0.4 is 5.32 Å².